The van der Waals surface area contributed by atoms with Gasteiger partial charge in [0.15, 0.2) is 0 Å². The fraction of sp³-hybridized carbons (Fsp3) is 0.429. The van der Waals surface area contributed by atoms with Gasteiger partial charge in [-0.3, -0.25) is 9.69 Å². The van der Waals surface area contributed by atoms with Gasteiger partial charge in [0.25, 0.3) is 0 Å². The summed E-state index contributed by atoms with van der Waals surface area (Å²) in [4.78, 5) is 26.8. The molecule has 1 aromatic rings. The minimum atomic E-state index is -0.0553. The number of anilines is 1. The summed E-state index contributed by atoms with van der Waals surface area (Å²) in [7, 11) is 3.37. The van der Waals surface area contributed by atoms with Gasteiger partial charge >= 0.3 is 6.03 Å². The smallest absolute Gasteiger partial charge is 0.324 e. The van der Waals surface area contributed by atoms with E-state index in [2.05, 4.69) is 11.4 Å². The molecule has 1 N–H and O–H groups in total. The van der Waals surface area contributed by atoms with Crippen molar-refractivity contribution in [3.63, 3.8) is 0 Å². The maximum atomic E-state index is 12.2. The normalized spacial score (nSPS) is 14.4. The number of fused-ring (bicyclic) bond motifs is 1. The Balaban J connectivity index is 2.17. The first-order valence-electron chi connectivity index (χ1n) is 6.35. The van der Waals surface area contributed by atoms with E-state index in [1.165, 1.54) is 5.56 Å². The van der Waals surface area contributed by atoms with Crippen LogP contribution in [0.15, 0.2) is 18.2 Å². The topological polar surface area (TPSA) is 52.7 Å². The zero-order chi connectivity index (χ0) is 14.0. The molecule has 5 nitrogen and oxygen atoms in total. The molecule has 0 unspecified atom stereocenters. The highest BCUT2D eigenvalue weighted by Gasteiger charge is 2.27. The van der Waals surface area contributed by atoms with E-state index in [4.69, 9.17) is 0 Å². The van der Waals surface area contributed by atoms with E-state index in [9.17, 15) is 9.59 Å². The molecular weight excluding hydrogens is 242 g/mol. The first kappa shape index (κ1) is 13.4. The van der Waals surface area contributed by atoms with E-state index in [1.807, 2.05) is 19.1 Å². The summed E-state index contributed by atoms with van der Waals surface area (Å²) < 4.78 is 0. The maximum absolute atomic E-state index is 12.2. The van der Waals surface area contributed by atoms with Gasteiger partial charge in [-0.1, -0.05) is 17.7 Å². The summed E-state index contributed by atoms with van der Waals surface area (Å²) in [5.74, 6) is -0.0505. The van der Waals surface area contributed by atoms with Gasteiger partial charge in [0, 0.05) is 33.6 Å². The van der Waals surface area contributed by atoms with E-state index < -0.39 is 0 Å². The second-order valence-electron chi connectivity index (χ2n) is 4.82. The van der Waals surface area contributed by atoms with Crippen LogP contribution < -0.4 is 10.2 Å². The zero-order valence-corrected chi connectivity index (χ0v) is 11.6. The first-order chi connectivity index (χ1) is 9.02. The molecule has 1 aromatic carbocycles. The SMILES string of the molecule is CNC(=O)CCN1Cc2cc(C)ccc2N(C)C1=O. The number of nitrogens with zero attached hydrogens (tertiary/aromatic N) is 2. The van der Waals surface area contributed by atoms with Gasteiger partial charge in [-0.05, 0) is 18.6 Å². The Kier molecular flexibility index (Phi) is 3.74. The summed E-state index contributed by atoms with van der Waals surface area (Å²) in [6.07, 6.45) is 0.331. The molecule has 102 valence electrons. The molecule has 0 aliphatic carbocycles. The lowest BCUT2D eigenvalue weighted by molar-refractivity contribution is -0.120. The largest absolute Gasteiger partial charge is 0.359 e. The molecule has 0 saturated heterocycles. The van der Waals surface area contributed by atoms with Crippen LogP contribution in [0.3, 0.4) is 0 Å². The molecule has 19 heavy (non-hydrogen) atoms. The average molecular weight is 261 g/mol. The molecule has 3 amide bonds. The summed E-state index contributed by atoms with van der Waals surface area (Å²) in [5.41, 5.74) is 3.25. The van der Waals surface area contributed by atoms with E-state index in [0.717, 1.165) is 11.3 Å². The summed E-state index contributed by atoms with van der Waals surface area (Å²) in [5, 5.41) is 2.57. The van der Waals surface area contributed by atoms with E-state index in [1.54, 1.807) is 23.9 Å². The summed E-state index contributed by atoms with van der Waals surface area (Å²) in [6.45, 7) is 3.04. The number of hydrogen-bond acceptors (Lipinski definition) is 2. The number of aryl methyl sites for hydroxylation is 1. The van der Waals surface area contributed by atoms with Gasteiger partial charge in [-0.25, -0.2) is 4.79 Å². The number of carbonyl (C=O) groups excluding carboxylic acids is 2. The first-order valence-corrected chi connectivity index (χ1v) is 6.35. The molecule has 0 spiro atoms. The molecule has 0 bridgehead atoms. The minimum absolute atomic E-state index is 0.0505. The molecule has 2 rings (SSSR count). The molecule has 5 heteroatoms. The molecule has 0 saturated carbocycles. The van der Waals surface area contributed by atoms with Gasteiger partial charge in [0.1, 0.15) is 0 Å². The number of rotatable bonds is 3. The summed E-state index contributed by atoms with van der Waals surface area (Å²) in [6, 6.07) is 6.01. The van der Waals surface area contributed by atoms with Crippen LogP contribution in [0, 0.1) is 6.92 Å². The number of hydrogen-bond donors (Lipinski definition) is 1. The Labute approximate surface area is 113 Å². The van der Waals surface area contributed by atoms with Crippen molar-refractivity contribution < 1.29 is 9.59 Å². The lowest BCUT2D eigenvalue weighted by atomic mass is 10.1. The van der Waals surface area contributed by atoms with Crippen molar-refractivity contribution in [3.8, 4) is 0 Å². The number of carbonyl (C=O) groups is 2. The summed E-state index contributed by atoms with van der Waals surface area (Å²) >= 11 is 0. The Morgan fingerprint density at radius 2 is 2.16 bits per heavy atom. The lowest BCUT2D eigenvalue weighted by Crippen LogP contribution is -2.46. The fourth-order valence-electron chi connectivity index (χ4n) is 2.29. The second-order valence-corrected chi connectivity index (χ2v) is 4.82. The second kappa shape index (κ2) is 5.30. The van der Waals surface area contributed by atoms with E-state index in [0.29, 0.717) is 19.5 Å². The Morgan fingerprint density at radius 3 is 2.84 bits per heavy atom. The van der Waals surface area contributed by atoms with Crippen LogP contribution in [0.25, 0.3) is 0 Å². The Hall–Kier alpha value is -2.04. The number of benzene rings is 1. The van der Waals surface area contributed by atoms with Crippen LogP contribution in [0.5, 0.6) is 0 Å². The number of urea groups is 1. The monoisotopic (exact) mass is 261 g/mol. The predicted octanol–water partition coefficient (Wildman–Crippen LogP) is 1.50. The van der Waals surface area contributed by atoms with Crippen LogP contribution >= 0.6 is 0 Å². The van der Waals surface area contributed by atoms with Crippen molar-refractivity contribution in [2.24, 2.45) is 0 Å². The van der Waals surface area contributed by atoms with Crippen molar-refractivity contribution in [2.45, 2.75) is 19.9 Å². The van der Waals surface area contributed by atoms with Crippen LogP contribution in [0.4, 0.5) is 10.5 Å². The molecule has 0 aromatic heterocycles. The minimum Gasteiger partial charge on any atom is -0.359 e. The highest BCUT2D eigenvalue weighted by Crippen LogP contribution is 2.28. The highest BCUT2D eigenvalue weighted by atomic mass is 16.2. The average Bonchev–Trinajstić information content (AvgIpc) is 2.40. The molecule has 0 fully saturated rings. The standard InChI is InChI=1S/C14H19N3O2/c1-10-4-5-12-11(8-10)9-17(14(19)16(12)3)7-6-13(18)15-2/h4-5,8H,6-7,9H2,1-3H3,(H,15,18). The number of nitrogens with one attached hydrogen (secondary N) is 1. The van der Waals surface area contributed by atoms with Gasteiger partial charge in [0.2, 0.25) is 5.91 Å². The van der Waals surface area contributed by atoms with Gasteiger partial charge in [-0.15, -0.1) is 0 Å². The molecule has 1 heterocycles. The lowest BCUT2D eigenvalue weighted by Gasteiger charge is -2.35. The van der Waals surface area contributed by atoms with Gasteiger partial charge in [-0.2, -0.15) is 0 Å². The Morgan fingerprint density at radius 1 is 1.42 bits per heavy atom. The van der Waals surface area contributed by atoms with Crippen molar-refractivity contribution >= 4 is 17.6 Å². The zero-order valence-electron chi connectivity index (χ0n) is 11.6. The third-order valence-electron chi connectivity index (χ3n) is 3.40. The van der Waals surface area contributed by atoms with Crippen molar-refractivity contribution in [1.29, 1.82) is 0 Å². The quantitative estimate of drug-likeness (QED) is 0.896. The van der Waals surface area contributed by atoms with E-state index >= 15 is 0 Å². The molecule has 1 aliphatic rings. The molecule has 0 radical (unpaired) electrons. The van der Waals surface area contributed by atoms with E-state index in [-0.39, 0.29) is 11.9 Å². The van der Waals surface area contributed by atoms with Crippen LogP contribution in [-0.4, -0.2) is 37.5 Å². The van der Waals surface area contributed by atoms with Crippen LogP contribution in [0.1, 0.15) is 17.5 Å². The third-order valence-corrected chi connectivity index (χ3v) is 3.40. The van der Waals surface area contributed by atoms with Crippen LogP contribution in [0.2, 0.25) is 0 Å². The maximum Gasteiger partial charge on any atom is 0.324 e. The van der Waals surface area contributed by atoms with Crippen LogP contribution in [-0.2, 0) is 11.3 Å². The molecule has 0 atom stereocenters. The predicted molar refractivity (Wildman–Crippen MR) is 74.1 cm³/mol. The van der Waals surface area contributed by atoms with Crippen molar-refractivity contribution in [1.82, 2.24) is 10.2 Å². The highest BCUT2D eigenvalue weighted by molar-refractivity contribution is 5.94. The number of amides is 3. The van der Waals surface area contributed by atoms with Gasteiger partial charge in [0.05, 0.1) is 5.69 Å². The Bertz CT molecular complexity index is 513. The van der Waals surface area contributed by atoms with Crippen molar-refractivity contribution in [3.05, 3.63) is 29.3 Å². The van der Waals surface area contributed by atoms with Gasteiger partial charge < -0.3 is 10.2 Å². The fourth-order valence-corrected chi connectivity index (χ4v) is 2.29. The molecular formula is C14H19N3O2. The molecule has 1 aliphatic heterocycles. The van der Waals surface area contributed by atoms with Crippen molar-refractivity contribution in [2.75, 3.05) is 25.5 Å². The third kappa shape index (κ3) is 2.70.